The van der Waals surface area contributed by atoms with Crippen molar-refractivity contribution in [3.8, 4) is 0 Å². The molecular weight excluding hydrogens is 276 g/mol. The zero-order chi connectivity index (χ0) is 16.1. The van der Waals surface area contributed by atoms with Crippen LogP contribution in [0.2, 0.25) is 0 Å². The highest BCUT2D eigenvalue weighted by molar-refractivity contribution is 5.86. The van der Waals surface area contributed by atoms with Gasteiger partial charge in [-0.05, 0) is 50.1 Å². The number of nitrogens with zero attached hydrogens (tertiary/aromatic N) is 2. The maximum Gasteiger partial charge on any atom is 0.333 e. The molecule has 1 atom stereocenters. The molecule has 0 aliphatic carbocycles. The zero-order valence-corrected chi connectivity index (χ0v) is 13.4. The second kappa shape index (κ2) is 7.07. The van der Waals surface area contributed by atoms with Crippen molar-refractivity contribution in [3.63, 3.8) is 0 Å². The average molecular weight is 298 g/mol. The highest BCUT2D eigenvalue weighted by Crippen LogP contribution is 2.22. The van der Waals surface area contributed by atoms with Gasteiger partial charge in [-0.1, -0.05) is 12.7 Å². The molecule has 0 aromatic carbocycles. The van der Waals surface area contributed by atoms with Crippen LogP contribution < -0.4 is 0 Å². The van der Waals surface area contributed by atoms with Crippen molar-refractivity contribution in [3.05, 3.63) is 60.1 Å². The smallest absolute Gasteiger partial charge is 0.333 e. The molecule has 0 spiro atoms. The van der Waals surface area contributed by atoms with Crippen molar-refractivity contribution in [1.29, 1.82) is 0 Å². The molecule has 4 heteroatoms. The van der Waals surface area contributed by atoms with Crippen molar-refractivity contribution in [2.45, 2.75) is 26.8 Å². The van der Waals surface area contributed by atoms with E-state index in [-0.39, 0.29) is 12.0 Å². The first-order chi connectivity index (χ1) is 10.5. The Kier molecular flexibility index (Phi) is 5.15. The molecule has 2 heterocycles. The van der Waals surface area contributed by atoms with Gasteiger partial charge in [0.25, 0.3) is 0 Å². The number of aryl methyl sites for hydroxylation is 1. The lowest BCUT2D eigenvalue weighted by atomic mass is 10.0. The molecule has 1 unspecified atom stereocenters. The SMILES string of the molecule is C=C(C)C(=O)OCCN1C=CC(c2ccnc(C)c2)=CC1C. The molecule has 0 amide bonds. The van der Waals surface area contributed by atoms with Gasteiger partial charge in [0.1, 0.15) is 6.61 Å². The third-order valence-electron chi connectivity index (χ3n) is 3.55. The summed E-state index contributed by atoms with van der Waals surface area (Å²) in [5.74, 6) is -0.336. The summed E-state index contributed by atoms with van der Waals surface area (Å²) in [4.78, 5) is 17.7. The summed E-state index contributed by atoms with van der Waals surface area (Å²) < 4.78 is 5.14. The summed E-state index contributed by atoms with van der Waals surface area (Å²) in [6.07, 6.45) is 8.16. The molecule has 0 N–H and O–H groups in total. The highest BCUT2D eigenvalue weighted by Gasteiger charge is 2.14. The average Bonchev–Trinajstić information content (AvgIpc) is 2.48. The van der Waals surface area contributed by atoms with Gasteiger partial charge in [-0.2, -0.15) is 0 Å². The molecule has 0 saturated heterocycles. The second-order valence-electron chi connectivity index (χ2n) is 5.52. The van der Waals surface area contributed by atoms with Crippen LogP contribution in [0.1, 0.15) is 25.1 Å². The Morgan fingerprint density at radius 3 is 2.91 bits per heavy atom. The summed E-state index contributed by atoms with van der Waals surface area (Å²) in [5, 5.41) is 0. The molecule has 116 valence electrons. The second-order valence-corrected chi connectivity index (χ2v) is 5.52. The van der Waals surface area contributed by atoms with Crippen LogP contribution in [0.5, 0.6) is 0 Å². The van der Waals surface area contributed by atoms with Gasteiger partial charge in [0, 0.05) is 29.7 Å². The van der Waals surface area contributed by atoms with Crippen LogP contribution in [0.3, 0.4) is 0 Å². The van der Waals surface area contributed by atoms with E-state index in [1.807, 2.05) is 25.4 Å². The van der Waals surface area contributed by atoms with E-state index < -0.39 is 0 Å². The van der Waals surface area contributed by atoms with Crippen molar-refractivity contribution < 1.29 is 9.53 Å². The van der Waals surface area contributed by atoms with Crippen LogP contribution in [0, 0.1) is 6.92 Å². The fourth-order valence-corrected chi connectivity index (χ4v) is 2.29. The molecule has 0 radical (unpaired) electrons. The van der Waals surface area contributed by atoms with E-state index in [9.17, 15) is 4.79 Å². The van der Waals surface area contributed by atoms with Gasteiger partial charge in [0.05, 0.1) is 6.54 Å². The van der Waals surface area contributed by atoms with Crippen LogP contribution in [0.25, 0.3) is 5.57 Å². The van der Waals surface area contributed by atoms with Gasteiger partial charge in [-0.15, -0.1) is 0 Å². The van der Waals surface area contributed by atoms with Crippen LogP contribution >= 0.6 is 0 Å². The van der Waals surface area contributed by atoms with Crippen LogP contribution in [-0.4, -0.2) is 35.0 Å². The minimum atomic E-state index is -0.336. The number of carbonyl (C=O) groups excluding carboxylic acids is 1. The number of carbonyl (C=O) groups is 1. The molecule has 22 heavy (non-hydrogen) atoms. The summed E-state index contributed by atoms with van der Waals surface area (Å²) in [7, 11) is 0. The van der Waals surface area contributed by atoms with E-state index in [0.717, 1.165) is 5.69 Å². The predicted octanol–water partition coefficient (Wildman–Crippen LogP) is 3.11. The van der Waals surface area contributed by atoms with Crippen molar-refractivity contribution in [2.24, 2.45) is 0 Å². The molecular formula is C18H22N2O2. The number of rotatable bonds is 5. The number of aromatic nitrogens is 1. The van der Waals surface area contributed by atoms with Gasteiger partial charge in [-0.25, -0.2) is 4.79 Å². The monoisotopic (exact) mass is 298 g/mol. The van der Waals surface area contributed by atoms with Gasteiger partial charge in [-0.3, -0.25) is 4.98 Å². The third kappa shape index (κ3) is 4.07. The number of pyridine rings is 1. The highest BCUT2D eigenvalue weighted by atomic mass is 16.5. The molecule has 4 nitrogen and oxygen atoms in total. The van der Waals surface area contributed by atoms with Gasteiger partial charge >= 0.3 is 5.97 Å². The largest absolute Gasteiger partial charge is 0.460 e. The number of esters is 1. The Hall–Kier alpha value is -2.36. The molecule has 2 rings (SSSR count). The van der Waals surface area contributed by atoms with Crippen LogP contribution in [0.15, 0.2) is 48.8 Å². The van der Waals surface area contributed by atoms with Gasteiger partial charge in [0.15, 0.2) is 0 Å². The van der Waals surface area contributed by atoms with Crippen LogP contribution in [-0.2, 0) is 9.53 Å². The Bertz CT molecular complexity index is 632. The Labute approximate surface area is 131 Å². The summed E-state index contributed by atoms with van der Waals surface area (Å²) in [6, 6.07) is 4.34. The summed E-state index contributed by atoms with van der Waals surface area (Å²) in [6.45, 7) is 10.4. The molecule has 1 aromatic rings. The van der Waals surface area contributed by atoms with Crippen molar-refractivity contribution in [1.82, 2.24) is 9.88 Å². The van der Waals surface area contributed by atoms with Crippen molar-refractivity contribution in [2.75, 3.05) is 13.2 Å². The number of ether oxygens (including phenoxy) is 1. The topological polar surface area (TPSA) is 42.4 Å². The van der Waals surface area contributed by atoms with Crippen LogP contribution in [0.4, 0.5) is 0 Å². The van der Waals surface area contributed by atoms with E-state index in [1.165, 1.54) is 11.1 Å². The number of hydrogen-bond donors (Lipinski definition) is 0. The number of allylic oxidation sites excluding steroid dienone is 2. The molecule has 0 fully saturated rings. The standard InChI is InChI=1S/C18H22N2O2/c1-13(2)18(21)22-10-9-20-8-6-17(12-15(20)4)16-5-7-19-14(3)11-16/h5-8,11-12,15H,1,9-10H2,2-4H3. The van der Waals surface area contributed by atoms with E-state index >= 15 is 0 Å². The lowest BCUT2D eigenvalue weighted by Crippen LogP contribution is -2.32. The zero-order valence-electron chi connectivity index (χ0n) is 13.4. The fourth-order valence-electron chi connectivity index (χ4n) is 2.29. The Morgan fingerprint density at radius 2 is 2.27 bits per heavy atom. The molecule has 1 aliphatic heterocycles. The lowest BCUT2D eigenvalue weighted by Gasteiger charge is -2.29. The lowest BCUT2D eigenvalue weighted by molar-refractivity contribution is -0.139. The van der Waals surface area contributed by atoms with Gasteiger partial charge < -0.3 is 9.64 Å². The molecule has 1 aromatic heterocycles. The molecule has 0 bridgehead atoms. The first-order valence-electron chi connectivity index (χ1n) is 7.39. The quantitative estimate of drug-likeness (QED) is 0.619. The van der Waals surface area contributed by atoms with E-state index in [0.29, 0.717) is 18.7 Å². The molecule has 0 saturated carbocycles. The summed E-state index contributed by atoms with van der Waals surface area (Å²) >= 11 is 0. The minimum absolute atomic E-state index is 0.247. The fraction of sp³-hybridized carbons (Fsp3) is 0.333. The first-order valence-corrected chi connectivity index (χ1v) is 7.39. The predicted molar refractivity (Wildman–Crippen MR) is 88.0 cm³/mol. The van der Waals surface area contributed by atoms with E-state index in [4.69, 9.17) is 4.74 Å². The van der Waals surface area contributed by atoms with Gasteiger partial charge in [0.2, 0.25) is 0 Å². The Morgan fingerprint density at radius 1 is 1.50 bits per heavy atom. The van der Waals surface area contributed by atoms with Crippen molar-refractivity contribution >= 4 is 11.5 Å². The van der Waals surface area contributed by atoms with E-state index in [1.54, 1.807) is 6.92 Å². The maximum atomic E-state index is 11.4. The maximum absolute atomic E-state index is 11.4. The first kappa shape index (κ1) is 16.0. The normalized spacial score (nSPS) is 17.1. The Balaban J connectivity index is 1.94. The molecule has 1 aliphatic rings. The third-order valence-corrected chi connectivity index (χ3v) is 3.55. The van der Waals surface area contributed by atoms with E-state index in [2.05, 4.69) is 41.6 Å². The minimum Gasteiger partial charge on any atom is -0.460 e. The number of hydrogen-bond acceptors (Lipinski definition) is 4. The summed E-state index contributed by atoms with van der Waals surface area (Å²) in [5.41, 5.74) is 3.79.